The van der Waals surface area contributed by atoms with Gasteiger partial charge in [0.05, 0.1) is 0 Å². The van der Waals surface area contributed by atoms with E-state index in [1.54, 1.807) is 0 Å². The van der Waals surface area contributed by atoms with Gasteiger partial charge >= 0.3 is 0 Å². The lowest BCUT2D eigenvalue weighted by Crippen LogP contribution is -2.36. The highest BCUT2D eigenvalue weighted by Crippen LogP contribution is 2.10. The molecule has 0 bridgehead atoms. The maximum atomic E-state index is 4.73. The largest absolute Gasteiger partial charge is 0.347 e. The van der Waals surface area contributed by atoms with Gasteiger partial charge in [0.2, 0.25) is 0 Å². The van der Waals surface area contributed by atoms with E-state index in [4.69, 9.17) is 12.2 Å². The molecule has 0 aliphatic carbocycles. The minimum Gasteiger partial charge on any atom is -0.347 e. The van der Waals surface area contributed by atoms with Crippen molar-refractivity contribution in [1.29, 1.82) is 0 Å². The number of rotatable bonds is 1. The van der Waals surface area contributed by atoms with Gasteiger partial charge in [0.25, 0.3) is 0 Å². The molecule has 2 nitrogen and oxygen atoms in total. The fraction of sp³-hybridized carbons (Fsp3) is 0.750. The summed E-state index contributed by atoms with van der Waals surface area (Å²) in [4.78, 5) is 0. The molecule has 0 spiro atoms. The summed E-state index contributed by atoms with van der Waals surface area (Å²) >= 11 is 10.5. The van der Waals surface area contributed by atoms with E-state index in [9.17, 15) is 0 Å². The highest BCUT2D eigenvalue weighted by atomic mass is 32.2. The van der Waals surface area contributed by atoms with Gasteiger partial charge in [0.15, 0.2) is 0 Å². The first-order chi connectivity index (χ1) is 4.29. The highest BCUT2D eigenvalue weighted by Gasteiger charge is 2.12. The Morgan fingerprint density at radius 1 is 1.89 bits per heavy atom. The van der Waals surface area contributed by atoms with Gasteiger partial charge in [0, 0.05) is 12.3 Å². The quantitative estimate of drug-likeness (QED) is 0.402. The average Bonchev–Trinajstić information content (AvgIpc) is 2.15. The van der Waals surface area contributed by atoms with Crippen LogP contribution >= 0.6 is 36.6 Å². The van der Waals surface area contributed by atoms with Crippen molar-refractivity contribution in [2.75, 3.05) is 12.3 Å². The van der Waals surface area contributed by atoms with Gasteiger partial charge < -0.3 is 5.32 Å². The summed E-state index contributed by atoms with van der Waals surface area (Å²) in [6.45, 7) is 1.05. The van der Waals surface area contributed by atoms with E-state index in [0.717, 1.165) is 12.3 Å². The second-order valence-corrected chi connectivity index (χ2v) is 4.03. The normalized spacial score (nSPS) is 26.1. The van der Waals surface area contributed by atoms with Gasteiger partial charge in [-0.05, 0) is 0 Å². The molecule has 52 valence electrons. The Labute approximate surface area is 69.6 Å². The van der Waals surface area contributed by atoms with Crippen LogP contribution < -0.4 is 10.6 Å². The van der Waals surface area contributed by atoms with Gasteiger partial charge in [-0.2, -0.15) is 0 Å². The molecule has 0 aromatic carbocycles. The molecule has 1 aliphatic rings. The molecule has 5 heteroatoms. The zero-order valence-corrected chi connectivity index (χ0v) is 7.28. The maximum absolute atomic E-state index is 4.73. The molecule has 1 saturated heterocycles. The van der Waals surface area contributed by atoms with Crippen LogP contribution in [0.2, 0.25) is 0 Å². The molecule has 0 aromatic heterocycles. The second-order valence-electron chi connectivity index (χ2n) is 1.65. The minimum absolute atomic E-state index is 0.287. The Morgan fingerprint density at radius 2 is 2.67 bits per heavy atom. The molecular formula is C4H8N2S3. The molecule has 9 heavy (non-hydrogen) atoms. The maximum Gasteiger partial charge on any atom is 0.132 e. The second kappa shape index (κ2) is 3.65. The molecule has 1 unspecified atom stereocenters. The smallest absolute Gasteiger partial charge is 0.132 e. The lowest BCUT2D eigenvalue weighted by molar-refractivity contribution is 0.688. The van der Waals surface area contributed by atoms with Crippen LogP contribution in [-0.4, -0.2) is 22.1 Å². The number of nitrogens with one attached hydrogen (secondary N) is 2. The van der Waals surface area contributed by atoms with Crippen LogP contribution in [-0.2, 0) is 0 Å². The Balaban J connectivity index is 2.19. The van der Waals surface area contributed by atoms with Crippen LogP contribution in [0.15, 0.2) is 0 Å². The van der Waals surface area contributed by atoms with Crippen molar-refractivity contribution in [2.45, 2.75) is 5.50 Å². The summed E-state index contributed by atoms with van der Waals surface area (Å²) in [5.41, 5.74) is 0.287. The number of hydrogen-bond acceptors (Lipinski definition) is 3. The number of hydrogen-bond donors (Lipinski definition) is 3. The van der Waals surface area contributed by atoms with E-state index in [0.29, 0.717) is 4.32 Å². The van der Waals surface area contributed by atoms with Gasteiger partial charge in [-0.15, -0.1) is 24.4 Å². The standard InChI is InChI=1S/C4H8N2S3/c7-4(8)6-3-5-1-2-9-3/h3,5H,1-2H2,(H2,6,7,8). The predicted molar refractivity (Wildman–Crippen MR) is 49.0 cm³/mol. The summed E-state index contributed by atoms with van der Waals surface area (Å²) in [7, 11) is 0. The molecule has 1 heterocycles. The van der Waals surface area contributed by atoms with Crippen molar-refractivity contribution >= 4 is 40.9 Å². The van der Waals surface area contributed by atoms with Gasteiger partial charge in [-0.25, -0.2) is 0 Å². The topological polar surface area (TPSA) is 24.1 Å². The van der Waals surface area contributed by atoms with Gasteiger partial charge in [0.1, 0.15) is 9.82 Å². The van der Waals surface area contributed by atoms with Crippen molar-refractivity contribution in [2.24, 2.45) is 0 Å². The number of thiol groups is 1. The first-order valence-corrected chi connectivity index (χ1v) is 4.54. The van der Waals surface area contributed by atoms with Crippen molar-refractivity contribution in [3.63, 3.8) is 0 Å². The van der Waals surface area contributed by atoms with Crippen molar-refractivity contribution in [3.05, 3.63) is 0 Å². The van der Waals surface area contributed by atoms with Gasteiger partial charge in [-0.3, -0.25) is 5.32 Å². The molecule has 0 saturated carbocycles. The monoisotopic (exact) mass is 180 g/mol. The van der Waals surface area contributed by atoms with Crippen LogP contribution in [0.4, 0.5) is 0 Å². The van der Waals surface area contributed by atoms with Crippen LogP contribution in [0.25, 0.3) is 0 Å². The van der Waals surface area contributed by atoms with Crippen LogP contribution in [0.3, 0.4) is 0 Å². The van der Waals surface area contributed by atoms with Crippen LogP contribution in [0.5, 0.6) is 0 Å². The molecule has 0 radical (unpaired) electrons. The summed E-state index contributed by atoms with van der Waals surface area (Å²) in [5, 5.41) is 6.19. The van der Waals surface area contributed by atoms with E-state index in [1.165, 1.54) is 0 Å². The summed E-state index contributed by atoms with van der Waals surface area (Å²) in [6, 6.07) is 0. The lowest BCUT2D eigenvalue weighted by atomic mass is 10.7. The predicted octanol–water partition coefficient (Wildman–Crippen LogP) is 0.411. The van der Waals surface area contributed by atoms with E-state index >= 15 is 0 Å². The molecule has 0 aromatic rings. The Kier molecular flexibility index (Phi) is 3.11. The molecular weight excluding hydrogens is 172 g/mol. The Bertz CT molecular complexity index is 110. The molecule has 1 fully saturated rings. The van der Waals surface area contributed by atoms with Crippen molar-refractivity contribution in [3.8, 4) is 0 Å². The van der Waals surface area contributed by atoms with E-state index in [1.807, 2.05) is 11.8 Å². The first-order valence-electron chi connectivity index (χ1n) is 2.63. The van der Waals surface area contributed by atoms with Gasteiger partial charge in [-0.1, -0.05) is 12.2 Å². The summed E-state index contributed by atoms with van der Waals surface area (Å²) in [5.74, 6) is 1.15. The molecule has 1 atom stereocenters. The zero-order chi connectivity index (χ0) is 6.69. The molecule has 1 aliphatic heterocycles. The SMILES string of the molecule is S=C(S)NC1NCCS1. The minimum atomic E-state index is 0.287. The molecule has 0 amide bonds. The third-order valence-corrected chi connectivity index (χ3v) is 2.28. The fourth-order valence-electron chi connectivity index (χ4n) is 0.631. The molecule has 2 N–H and O–H groups in total. The van der Waals surface area contributed by atoms with Crippen molar-refractivity contribution < 1.29 is 0 Å². The Morgan fingerprint density at radius 3 is 3.11 bits per heavy atom. The van der Waals surface area contributed by atoms with E-state index in [2.05, 4.69) is 23.3 Å². The Hall–Kier alpha value is 0.550. The average molecular weight is 180 g/mol. The first kappa shape index (κ1) is 7.65. The number of thiocarbonyl (C=S) groups is 1. The zero-order valence-electron chi connectivity index (χ0n) is 4.76. The van der Waals surface area contributed by atoms with E-state index < -0.39 is 0 Å². The van der Waals surface area contributed by atoms with Crippen molar-refractivity contribution in [1.82, 2.24) is 10.6 Å². The lowest BCUT2D eigenvalue weighted by Gasteiger charge is -2.09. The third-order valence-electron chi connectivity index (χ3n) is 0.971. The number of thioether (sulfide) groups is 1. The van der Waals surface area contributed by atoms with Crippen LogP contribution in [0.1, 0.15) is 0 Å². The highest BCUT2D eigenvalue weighted by molar-refractivity contribution is 8.11. The molecule has 1 rings (SSSR count). The summed E-state index contributed by atoms with van der Waals surface area (Å²) < 4.78 is 0.557. The third kappa shape index (κ3) is 2.75. The fourth-order valence-corrected chi connectivity index (χ4v) is 1.95. The van der Waals surface area contributed by atoms with E-state index in [-0.39, 0.29) is 5.50 Å². The van der Waals surface area contributed by atoms with Crippen LogP contribution in [0, 0.1) is 0 Å². The summed E-state index contributed by atoms with van der Waals surface area (Å²) in [6.07, 6.45) is 0.